The Kier molecular flexibility index (Phi) is 11.4. The second-order valence-corrected chi connectivity index (χ2v) is 31.0. The molecule has 1 aliphatic carbocycles. The maximum atomic E-state index is 7.22. The van der Waals surface area contributed by atoms with Gasteiger partial charge in [-0.3, -0.25) is 0 Å². The number of aromatic nitrogens is 1. The van der Waals surface area contributed by atoms with E-state index in [2.05, 4.69) is 85.1 Å². The van der Waals surface area contributed by atoms with Crippen LogP contribution in [0.2, 0.25) is 31.4 Å². The number of hydrogen-bond donors (Lipinski definition) is 0. The van der Waals surface area contributed by atoms with Crippen molar-refractivity contribution >= 4 is 30.5 Å². The Labute approximate surface area is 233 Å². The van der Waals surface area contributed by atoms with Gasteiger partial charge in [-0.15, -0.1) is 0 Å². The molecule has 0 N–H and O–H groups in total. The van der Waals surface area contributed by atoms with Crippen molar-refractivity contribution in [3.05, 3.63) is 47.5 Å². The quantitative estimate of drug-likeness (QED) is 0.195. The molecule has 1 aliphatic rings. The summed E-state index contributed by atoms with van der Waals surface area (Å²) in [5, 5.41) is 0.152. The first-order valence-corrected chi connectivity index (χ1v) is 25.7. The summed E-state index contributed by atoms with van der Waals surface area (Å²) in [6, 6.07) is 8.98. The molecule has 1 heterocycles. The minimum absolute atomic E-state index is 0.0458. The summed E-state index contributed by atoms with van der Waals surface area (Å²) in [4.78, 5) is 5.09. The van der Waals surface area contributed by atoms with Gasteiger partial charge in [0.25, 0.3) is 0 Å². The van der Waals surface area contributed by atoms with E-state index in [0.29, 0.717) is 5.92 Å². The van der Waals surface area contributed by atoms with E-state index >= 15 is 0 Å². The van der Waals surface area contributed by atoms with Crippen LogP contribution in [-0.4, -0.2) is 31.7 Å². The first-order valence-electron chi connectivity index (χ1n) is 15.3. The molecule has 2 unspecified atom stereocenters. The molecule has 5 heteroatoms. The summed E-state index contributed by atoms with van der Waals surface area (Å²) >= 11 is -2.68. The number of benzene rings is 1. The predicted octanol–water partition coefficient (Wildman–Crippen LogP) is 9.60. The van der Waals surface area contributed by atoms with E-state index in [1.54, 1.807) is 0 Å². The first kappa shape index (κ1) is 30.9. The Morgan fingerprint density at radius 3 is 2.08 bits per heavy atom. The van der Waals surface area contributed by atoms with Crippen molar-refractivity contribution in [1.29, 1.82) is 0 Å². The van der Waals surface area contributed by atoms with Gasteiger partial charge in [-0.25, -0.2) is 0 Å². The number of unbranched alkanes of at least 4 members (excludes halogenated alkanes) is 3. The van der Waals surface area contributed by atoms with Crippen LogP contribution in [0.1, 0.15) is 110 Å². The third kappa shape index (κ3) is 7.75. The molecule has 0 bridgehead atoms. The molecule has 0 saturated carbocycles. The summed E-state index contributed by atoms with van der Waals surface area (Å²) < 4.78 is 19.8. The van der Waals surface area contributed by atoms with Crippen molar-refractivity contribution in [3.8, 4) is 0 Å². The van der Waals surface area contributed by atoms with Gasteiger partial charge < -0.3 is 0 Å². The van der Waals surface area contributed by atoms with Gasteiger partial charge in [-0.2, -0.15) is 0 Å². The second kappa shape index (κ2) is 13.7. The van der Waals surface area contributed by atoms with E-state index in [1.807, 2.05) is 0 Å². The summed E-state index contributed by atoms with van der Waals surface area (Å²) in [5.74, 6) is 1.30. The molecule has 1 aromatic heterocycles. The number of nitrogens with zero attached hydrogens (tertiary/aromatic N) is 1. The van der Waals surface area contributed by atoms with Crippen molar-refractivity contribution in [2.24, 2.45) is 5.92 Å². The van der Waals surface area contributed by atoms with Crippen LogP contribution in [-0.2, 0) is 17.3 Å². The molecule has 37 heavy (non-hydrogen) atoms. The van der Waals surface area contributed by atoms with Crippen LogP contribution in [0.3, 0.4) is 0 Å². The van der Waals surface area contributed by atoms with Gasteiger partial charge in [0.2, 0.25) is 0 Å². The molecule has 0 radical (unpaired) electrons. The van der Waals surface area contributed by atoms with Crippen molar-refractivity contribution in [3.63, 3.8) is 0 Å². The van der Waals surface area contributed by atoms with Gasteiger partial charge >= 0.3 is 235 Å². The van der Waals surface area contributed by atoms with Crippen LogP contribution in [0.5, 0.6) is 0 Å². The number of fused-ring (bicyclic) bond motifs is 1. The molecule has 1 aromatic carbocycles. The molecule has 0 saturated heterocycles. The molecule has 0 amide bonds. The van der Waals surface area contributed by atoms with Crippen LogP contribution in [0, 0.1) is 5.92 Å². The van der Waals surface area contributed by atoms with E-state index in [-0.39, 0.29) is 11.1 Å². The molecule has 0 aliphatic heterocycles. The number of aryl methyl sites for hydroxylation is 1. The van der Waals surface area contributed by atoms with Crippen molar-refractivity contribution in [2.75, 3.05) is 0 Å². The topological polar surface area (TPSA) is 35.3 Å². The van der Waals surface area contributed by atoms with Crippen LogP contribution in [0.25, 0.3) is 0 Å². The van der Waals surface area contributed by atoms with Gasteiger partial charge in [0.15, 0.2) is 0 Å². The van der Waals surface area contributed by atoms with Gasteiger partial charge in [0, 0.05) is 0 Å². The Morgan fingerprint density at radius 1 is 0.973 bits per heavy atom. The zero-order valence-corrected chi connectivity index (χ0v) is 29.1. The van der Waals surface area contributed by atoms with Gasteiger partial charge in [0.1, 0.15) is 0 Å². The minimum atomic E-state index is -2.68. The van der Waals surface area contributed by atoms with E-state index < -0.39 is 26.7 Å². The summed E-state index contributed by atoms with van der Waals surface area (Å²) in [7, 11) is -2.01. The standard InChI is InChI=1S/C20H28NO2Si.3C4H9.Sn/c1-20(2,3)24(4,5)23-18(19-21-12-13-22-19)17-11-10-15-8-6-7-9-16(15)14-17;3*1-3-4-2;/h6-9,12,17-18H,10-11,14H2,1-5H3;3*1,3-4H2,2H3;. The van der Waals surface area contributed by atoms with E-state index in [9.17, 15) is 0 Å². The molecular weight excluding hydrogens is 577 g/mol. The van der Waals surface area contributed by atoms with E-state index in [4.69, 9.17) is 13.8 Å². The molecule has 3 nitrogen and oxygen atoms in total. The molecule has 0 fully saturated rings. The molecule has 2 atom stereocenters. The zero-order valence-electron chi connectivity index (χ0n) is 25.3. The van der Waals surface area contributed by atoms with Crippen molar-refractivity contribution in [2.45, 2.75) is 137 Å². The van der Waals surface area contributed by atoms with Crippen molar-refractivity contribution < 1.29 is 8.84 Å². The Bertz CT molecular complexity index is 942. The zero-order chi connectivity index (χ0) is 27.1. The van der Waals surface area contributed by atoms with Gasteiger partial charge in [-0.05, 0) is 0 Å². The normalized spacial score (nSPS) is 17.6. The Balaban J connectivity index is 2.00. The molecule has 208 valence electrons. The average molecular weight is 633 g/mol. The summed E-state index contributed by atoms with van der Waals surface area (Å²) in [5.41, 5.74) is 2.99. The monoisotopic (exact) mass is 633 g/mol. The fraction of sp³-hybridized carbons (Fsp3) is 0.719. The fourth-order valence-corrected chi connectivity index (χ4v) is 22.0. The van der Waals surface area contributed by atoms with Crippen LogP contribution in [0.15, 0.2) is 34.9 Å². The van der Waals surface area contributed by atoms with Crippen molar-refractivity contribution in [1.82, 2.24) is 4.98 Å². The first-order chi connectivity index (χ1) is 17.6. The predicted molar refractivity (Wildman–Crippen MR) is 164 cm³/mol. The second-order valence-electron chi connectivity index (χ2n) is 13.2. The van der Waals surface area contributed by atoms with Crippen LogP contribution >= 0.6 is 0 Å². The number of rotatable bonds is 14. The Hall–Kier alpha value is -0.594. The van der Waals surface area contributed by atoms with Crippen LogP contribution < -0.4 is 3.78 Å². The van der Waals surface area contributed by atoms with Gasteiger partial charge in [-0.1, -0.05) is 0 Å². The summed E-state index contributed by atoms with van der Waals surface area (Å²) in [6.07, 6.45) is 13.3. The number of oxazole rings is 1. The van der Waals surface area contributed by atoms with Crippen LogP contribution in [0.4, 0.5) is 0 Å². The Morgan fingerprint density at radius 2 is 1.54 bits per heavy atom. The third-order valence-electron chi connectivity index (χ3n) is 9.36. The van der Waals surface area contributed by atoms with Gasteiger partial charge in [0.05, 0.1) is 0 Å². The summed E-state index contributed by atoms with van der Waals surface area (Å²) in [6.45, 7) is 18.8. The fourth-order valence-electron chi connectivity index (χ4n) is 5.78. The SMILES string of the molecule is CCC[CH2][Sn]([CH2]CCC)([CH2]CCC)[c]1cnc(C(O[Si](C)(C)C(C)(C)C)C2CCc3ccccc3C2)o1. The molecule has 2 aromatic rings. The average Bonchev–Trinajstić information content (AvgIpc) is 3.37. The van der Waals surface area contributed by atoms with E-state index in [0.717, 1.165) is 25.2 Å². The molecule has 3 rings (SSSR count). The maximum absolute atomic E-state index is 7.22. The van der Waals surface area contributed by atoms with E-state index in [1.165, 1.54) is 66.7 Å². The molecular formula is C32H55NO2SiSn. The number of hydrogen-bond acceptors (Lipinski definition) is 3. The third-order valence-corrected chi connectivity index (χ3v) is 28.7. The molecule has 0 spiro atoms.